The van der Waals surface area contributed by atoms with E-state index in [0.717, 1.165) is 38.9 Å². The van der Waals surface area contributed by atoms with Crippen LogP contribution in [-0.4, -0.2) is 47.6 Å². The Morgan fingerprint density at radius 2 is 1.81 bits per heavy atom. The second-order valence-corrected chi connectivity index (χ2v) is 6.01. The predicted molar refractivity (Wildman–Crippen MR) is 80.9 cm³/mol. The zero-order valence-electron chi connectivity index (χ0n) is 12.8. The third kappa shape index (κ3) is 3.84. The number of hydrogen-bond donors (Lipinski definition) is 2. The van der Waals surface area contributed by atoms with Gasteiger partial charge in [-0.05, 0) is 45.2 Å². The van der Waals surface area contributed by atoms with Gasteiger partial charge < -0.3 is 15.3 Å². The summed E-state index contributed by atoms with van der Waals surface area (Å²) in [5.74, 6) is -1.77. The lowest BCUT2D eigenvalue weighted by atomic mass is 9.81. The van der Waals surface area contributed by atoms with Crippen LogP contribution in [0.2, 0.25) is 0 Å². The molecule has 2 aliphatic rings. The average molecular weight is 294 g/mol. The molecule has 118 valence electrons. The topological polar surface area (TPSA) is 69.6 Å². The molecule has 0 bridgehead atoms. The highest BCUT2D eigenvalue weighted by molar-refractivity contribution is 5.85. The number of nitrogens with one attached hydrogen (secondary N) is 1. The number of carbonyl (C=O) groups is 2. The van der Waals surface area contributed by atoms with E-state index in [4.69, 9.17) is 0 Å². The van der Waals surface area contributed by atoms with E-state index in [1.807, 2.05) is 17.1 Å². The number of piperidine rings is 1. The number of amides is 1. The van der Waals surface area contributed by atoms with Crippen LogP contribution in [0.25, 0.3) is 0 Å². The number of carboxylic acids is 1. The third-order valence-corrected chi connectivity index (χ3v) is 4.56. The highest BCUT2D eigenvalue weighted by atomic mass is 16.4. The monoisotopic (exact) mass is 294 g/mol. The van der Waals surface area contributed by atoms with Crippen molar-refractivity contribution in [1.29, 1.82) is 0 Å². The first-order chi connectivity index (χ1) is 10.1. The minimum atomic E-state index is -0.848. The predicted octanol–water partition coefficient (Wildman–Crippen LogP) is 1.64. The molecule has 2 atom stereocenters. The van der Waals surface area contributed by atoms with E-state index < -0.39 is 17.8 Å². The molecule has 0 radical (unpaired) electrons. The summed E-state index contributed by atoms with van der Waals surface area (Å²) in [7, 11) is 0. The summed E-state index contributed by atoms with van der Waals surface area (Å²) in [4.78, 5) is 26.3. The molecule has 0 aromatic carbocycles. The van der Waals surface area contributed by atoms with Crippen LogP contribution in [0.3, 0.4) is 0 Å². The summed E-state index contributed by atoms with van der Waals surface area (Å²) in [6.45, 7) is 4.67. The molecule has 0 spiro atoms. The van der Waals surface area contributed by atoms with Crippen molar-refractivity contribution in [3.8, 4) is 0 Å². The molecule has 5 heteroatoms. The first kappa shape index (κ1) is 16.0. The van der Waals surface area contributed by atoms with Gasteiger partial charge in [0.15, 0.2) is 0 Å². The largest absolute Gasteiger partial charge is 0.481 e. The van der Waals surface area contributed by atoms with Gasteiger partial charge in [0, 0.05) is 12.6 Å². The number of rotatable bonds is 5. The van der Waals surface area contributed by atoms with Crippen molar-refractivity contribution in [2.24, 2.45) is 11.8 Å². The van der Waals surface area contributed by atoms with E-state index in [9.17, 15) is 14.7 Å². The number of carboxylic acid groups (broad SMARTS) is 1. The van der Waals surface area contributed by atoms with Crippen LogP contribution in [-0.2, 0) is 9.59 Å². The summed E-state index contributed by atoms with van der Waals surface area (Å²) in [5.41, 5.74) is 0. The summed E-state index contributed by atoms with van der Waals surface area (Å²) in [5, 5.41) is 12.7. The lowest BCUT2D eigenvalue weighted by Gasteiger charge is -2.38. The van der Waals surface area contributed by atoms with Crippen molar-refractivity contribution in [3.63, 3.8) is 0 Å². The maximum atomic E-state index is 12.9. The molecule has 1 fully saturated rings. The van der Waals surface area contributed by atoms with Crippen LogP contribution in [0.1, 0.15) is 39.0 Å². The Hall–Kier alpha value is -1.36. The van der Waals surface area contributed by atoms with E-state index >= 15 is 0 Å². The van der Waals surface area contributed by atoms with Gasteiger partial charge in [-0.15, -0.1) is 0 Å². The standard InChI is InChI=1S/C16H26N2O3/c1-2-11-18(12-7-9-17-10-8-12)15(19)13-5-3-4-6-14(13)16(20)21/h3-4,12-14,17H,2,5-11H2,1H3,(H,20,21)/t13-,14+/m1/s1. The van der Waals surface area contributed by atoms with E-state index in [-0.39, 0.29) is 11.9 Å². The highest BCUT2D eigenvalue weighted by Gasteiger charge is 2.38. The van der Waals surface area contributed by atoms with Crippen molar-refractivity contribution in [2.75, 3.05) is 19.6 Å². The molecule has 1 aliphatic heterocycles. The van der Waals surface area contributed by atoms with Gasteiger partial charge >= 0.3 is 5.97 Å². The van der Waals surface area contributed by atoms with Gasteiger partial charge in [0.1, 0.15) is 0 Å². The zero-order valence-corrected chi connectivity index (χ0v) is 12.8. The average Bonchev–Trinajstić information content (AvgIpc) is 2.52. The number of hydrogen-bond acceptors (Lipinski definition) is 3. The molecule has 1 saturated heterocycles. The van der Waals surface area contributed by atoms with Gasteiger partial charge in [-0.1, -0.05) is 19.1 Å². The normalized spacial score (nSPS) is 26.5. The number of nitrogens with zero attached hydrogens (tertiary/aromatic N) is 1. The van der Waals surface area contributed by atoms with E-state index in [1.165, 1.54) is 0 Å². The van der Waals surface area contributed by atoms with E-state index in [2.05, 4.69) is 12.2 Å². The second kappa shape index (κ2) is 7.59. The fraction of sp³-hybridized carbons (Fsp3) is 0.750. The third-order valence-electron chi connectivity index (χ3n) is 4.56. The van der Waals surface area contributed by atoms with Crippen LogP contribution in [0.15, 0.2) is 12.2 Å². The molecule has 2 rings (SSSR count). The fourth-order valence-electron chi connectivity index (χ4n) is 3.41. The molecule has 1 heterocycles. The molecule has 0 unspecified atom stereocenters. The SMILES string of the molecule is CCCN(C(=O)[C@@H]1CC=CC[C@@H]1C(=O)O)C1CCNCC1. The quantitative estimate of drug-likeness (QED) is 0.756. The van der Waals surface area contributed by atoms with Crippen molar-refractivity contribution < 1.29 is 14.7 Å². The van der Waals surface area contributed by atoms with E-state index in [1.54, 1.807) is 0 Å². The smallest absolute Gasteiger partial charge is 0.307 e. The van der Waals surface area contributed by atoms with Crippen molar-refractivity contribution in [2.45, 2.75) is 45.1 Å². The molecule has 1 amide bonds. The van der Waals surface area contributed by atoms with Crippen LogP contribution >= 0.6 is 0 Å². The Morgan fingerprint density at radius 3 is 2.38 bits per heavy atom. The molecular weight excluding hydrogens is 268 g/mol. The molecular formula is C16H26N2O3. The Kier molecular flexibility index (Phi) is 5.79. The van der Waals surface area contributed by atoms with Crippen molar-refractivity contribution >= 4 is 11.9 Å². The minimum absolute atomic E-state index is 0.0421. The first-order valence-electron chi connectivity index (χ1n) is 8.04. The number of carbonyl (C=O) groups excluding carboxylic acids is 1. The molecule has 0 aromatic heterocycles. The van der Waals surface area contributed by atoms with Crippen LogP contribution in [0, 0.1) is 11.8 Å². The Balaban J connectivity index is 2.12. The van der Waals surface area contributed by atoms with Crippen molar-refractivity contribution in [3.05, 3.63) is 12.2 Å². The van der Waals surface area contributed by atoms with Crippen LogP contribution in [0.4, 0.5) is 0 Å². The highest BCUT2D eigenvalue weighted by Crippen LogP contribution is 2.29. The van der Waals surface area contributed by atoms with Crippen LogP contribution in [0.5, 0.6) is 0 Å². The van der Waals surface area contributed by atoms with Gasteiger partial charge in [-0.2, -0.15) is 0 Å². The van der Waals surface area contributed by atoms with Gasteiger partial charge in [0.2, 0.25) is 5.91 Å². The fourth-order valence-corrected chi connectivity index (χ4v) is 3.41. The molecule has 5 nitrogen and oxygen atoms in total. The van der Waals surface area contributed by atoms with Gasteiger partial charge in [0.05, 0.1) is 11.8 Å². The maximum absolute atomic E-state index is 12.9. The number of allylic oxidation sites excluding steroid dienone is 2. The lowest BCUT2D eigenvalue weighted by Crippen LogP contribution is -2.50. The summed E-state index contributed by atoms with van der Waals surface area (Å²) >= 11 is 0. The Labute approximate surface area is 126 Å². The van der Waals surface area contributed by atoms with E-state index in [0.29, 0.717) is 12.8 Å². The summed E-state index contributed by atoms with van der Waals surface area (Å²) in [6, 6.07) is 0.263. The molecule has 1 aliphatic carbocycles. The lowest BCUT2D eigenvalue weighted by molar-refractivity contribution is -0.152. The first-order valence-corrected chi connectivity index (χ1v) is 8.04. The minimum Gasteiger partial charge on any atom is -0.481 e. The Morgan fingerprint density at radius 1 is 1.19 bits per heavy atom. The van der Waals surface area contributed by atoms with Gasteiger partial charge in [-0.3, -0.25) is 9.59 Å². The second-order valence-electron chi connectivity index (χ2n) is 6.01. The molecule has 2 N–H and O–H groups in total. The summed E-state index contributed by atoms with van der Waals surface area (Å²) in [6.07, 6.45) is 7.71. The number of aliphatic carboxylic acids is 1. The summed E-state index contributed by atoms with van der Waals surface area (Å²) < 4.78 is 0. The zero-order chi connectivity index (χ0) is 15.2. The molecule has 0 saturated carbocycles. The van der Waals surface area contributed by atoms with Crippen molar-refractivity contribution in [1.82, 2.24) is 10.2 Å². The Bertz CT molecular complexity index is 402. The van der Waals surface area contributed by atoms with Gasteiger partial charge in [0.25, 0.3) is 0 Å². The maximum Gasteiger partial charge on any atom is 0.307 e. The molecule has 21 heavy (non-hydrogen) atoms. The van der Waals surface area contributed by atoms with Crippen LogP contribution < -0.4 is 5.32 Å². The molecule has 0 aromatic rings. The van der Waals surface area contributed by atoms with Gasteiger partial charge in [-0.25, -0.2) is 0 Å².